The van der Waals surface area contributed by atoms with Crippen LogP contribution in [0.5, 0.6) is 0 Å². The third-order valence-electron chi connectivity index (χ3n) is 5.00. The molecule has 0 spiro atoms. The Morgan fingerprint density at radius 1 is 1.32 bits per heavy atom. The highest BCUT2D eigenvalue weighted by Gasteiger charge is 2.33. The summed E-state index contributed by atoms with van der Waals surface area (Å²) in [4.78, 5) is 19.6. The van der Waals surface area contributed by atoms with Crippen LogP contribution in [0.15, 0.2) is 53.4 Å². The minimum absolute atomic E-state index is 0.0403. The van der Waals surface area contributed by atoms with Crippen molar-refractivity contribution in [2.24, 2.45) is 0 Å². The van der Waals surface area contributed by atoms with Crippen molar-refractivity contribution < 1.29 is 4.79 Å². The summed E-state index contributed by atoms with van der Waals surface area (Å²) in [7, 11) is 0. The number of benzene rings is 1. The van der Waals surface area contributed by atoms with Crippen LogP contribution in [-0.2, 0) is 4.79 Å². The Morgan fingerprint density at radius 3 is 3.08 bits per heavy atom. The Morgan fingerprint density at radius 2 is 2.24 bits per heavy atom. The molecule has 0 radical (unpaired) electrons. The summed E-state index contributed by atoms with van der Waals surface area (Å²) in [6.07, 6.45) is 4.02. The minimum Gasteiger partial charge on any atom is -0.324 e. The fraction of sp³-hybridized carbons (Fsp3) is 0.300. The first-order valence-corrected chi connectivity index (χ1v) is 9.61. The maximum Gasteiger partial charge on any atom is 0.241 e. The van der Waals surface area contributed by atoms with E-state index >= 15 is 0 Å². The number of carbonyl (C=O) groups excluding carboxylic acids is 1. The fourth-order valence-corrected chi connectivity index (χ4v) is 4.38. The molecule has 0 unspecified atom stereocenters. The van der Waals surface area contributed by atoms with Gasteiger partial charge in [-0.2, -0.15) is 11.3 Å². The van der Waals surface area contributed by atoms with E-state index in [0.717, 1.165) is 36.0 Å². The molecule has 1 N–H and O–H groups in total. The van der Waals surface area contributed by atoms with E-state index in [1.165, 1.54) is 5.56 Å². The molecular weight excluding hydrogens is 330 g/mol. The van der Waals surface area contributed by atoms with Gasteiger partial charge in [-0.1, -0.05) is 6.07 Å². The van der Waals surface area contributed by atoms with Crippen LogP contribution in [0.1, 0.15) is 31.4 Å². The number of fused-ring (bicyclic) bond motifs is 1. The van der Waals surface area contributed by atoms with Gasteiger partial charge in [-0.3, -0.25) is 14.7 Å². The molecule has 128 valence electrons. The van der Waals surface area contributed by atoms with Gasteiger partial charge in [0.15, 0.2) is 0 Å². The maximum absolute atomic E-state index is 12.9. The highest BCUT2D eigenvalue weighted by molar-refractivity contribution is 7.07. The van der Waals surface area contributed by atoms with Crippen molar-refractivity contribution >= 4 is 33.8 Å². The highest BCUT2D eigenvalue weighted by Crippen LogP contribution is 2.35. The second kappa shape index (κ2) is 6.94. The number of rotatable bonds is 4. The van der Waals surface area contributed by atoms with E-state index in [4.69, 9.17) is 0 Å². The zero-order valence-electron chi connectivity index (χ0n) is 14.2. The number of amides is 1. The van der Waals surface area contributed by atoms with Gasteiger partial charge >= 0.3 is 0 Å². The van der Waals surface area contributed by atoms with Crippen LogP contribution in [0.25, 0.3) is 10.9 Å². The fourth-order valence-electron chi connectivity index (χ4n) is 3.68. The molecule has 2 atom stereocenters. The Bertz CT molecular complexity index is 872. The minimum atomic E-state index is -0.167. The van der Waals surface area contributed by atoms with Crippen molar-refractivity contribution in [3.63, 3.8) is 0 Å². The summed E-state index contributed by atoms with van der Waals surface area (Å²) < 4.78 is 0. The van der Waals surface area contributed by atoms with Gasteiger partial charge in [0, 0.05) is 17.6 Å². The Labute approximate surface area is 151 Å². The van der Waals surface area contributed by atoms with Crippen LogP contribution in [0.4, 0.5) is 5.69 Å². The first-order chi connectivity index (χ1) is 12.2. The summed E-state index contributed by atoms with van der Waals surface area (Å²) in [6.45, 7) is 2.97. The quantitative estimate of drug-likeness (QED) is 0.755. The van der Waals surface area contributed by atoms with Crippen molar-refractivity contribution in [2.45, 2.75) is 31.8 Å². The molecule has 1 aliphatic heterocycles. The maximum atomic E-state index is 12.9. The SMILES string of the molecule is C[C@H](C(=O)Nc1cccc2ncccc12)N1CCC[C@@H]1c1ccsc1. The van der Waals surface area contributed by atoms with Crippen molar-refractivity contribution in [2.75, 3.05) is 11.9 Å². The van der Waals surface area contributed by atoms with E-state index in [0.29, 0.717) is 6.04 Å². The number of hydrogen-bond acceptors (Lipinski definition) is 4. The molecule has 1 saturated heterocycles. The van der Waals surface area contributed by atoms with Crippen molar-refractivity contribution in [1.82, 2.24) is 9.88 Å². The molecule has 1 fully saturated rings. The molecule has 0 saturated carbocycles. The van der Waals surface area contributed by atoms with Gasteiger partial charge in [0.05, 0.1) is 17.2 Å². The van der Waals surface area contributed by atoms with E-state index < -0.39 is 0 Å². The molecule has 1 amide bonds. The summed E-state index contributed by atoms with van der Waals surface area (Å²) in [5, 5.41) is 8.39. The monoisotopic (exact) mass is 351 g/mol. The number of nitrogens with one attached hydrogen (secondary N) is 1. The number of anilines is 1. The molecule has 3 aromatic rings. The third kappa shape index (κ3) is 3.17. The zero-order chi connectivity index (χ0) is 17.2. The van der Waals surface area contributed by atoms with E-state index in [-0.39, 0.29) is 11.9 Å². The first kappa shape index (κ1) is 16.2. The molecule has 1 aromatic carbocycles. The van der Waals surface area contributed by atoms with Crippen LogP contribution in [0.2, 0.25) is 0 Å². The summed E-state index contributed by atoms with van der Waals surface area (Å²) >= 11 is 1.72. The largest absolute Gasteiger partial charge is 0.324 e. The number of pyridine rings is 1. The molecule has 3 heterocycles. The molecule has 4 nitrogen and oxygen atoms in total. The molecule has 1 aliphatic rings. The molecular formula is C20H21N3OS. The number of thiophene rings is 1. The predicted molar refractivity (Wildman–Crippen MR) is 103 cm³/mol. The molecule has 25 heavy (non-hydrogen) atoms. The van der Waals surface area contributed by atoms with Gasteiger partial charge in [-0.15, -0.1) is 0 Å². The lowest BCUT2D eigenvalue weighted by Crippen LogP contribution is -2.41. The van der Waals surface area contributed by atoms with Crippen LogP contribution < -0.4 is 5.32 Å². The van der Waals surface area contributed by atoms with Crippen LogP contribution in [-0.4, -0.2) is 28.4 Å². The van der Waals surface area contributed by atoms with E-state index in [1.54, 1.807) is 17.5 Å². The standard InChI is InChI=1S/C20H21N3OS/c1-14(23-11-4-8-19(23)15-9-12-25-13-15)20(24)22-18-7-2-6-17-16(18)5-3-10-21-17/h2-3,5-7,9-10,12-14,19H,4,8,11H2,1H3,(H,22,24)/t14-,19-/m1/s1. The first-order valence-electron chi connectivity index (χ1n) is 8.66. The molecule has 5 heteroatoms. The average Bonchev–Trinajstić information content (AvgIpc) is 3.32. The summed E-state index contributed by atoms with van der Waals surface area (Å²) in [6, 6.07) is 12.1. The second-order valence-corrected chi connectivity index (χ2v) is 7.27. The number of nitrogens with zero attached hydrogens (tertiary/aromatic N) is 2. The smallest absolute Gasteiger partial charge is 0.241 e. The van der Waals surface area contributed by atoms with Gasteiger partial charge in [0.1, 0.15) is 0 Å². The lowest BCUT2D eigenvalue weighted by molar-refractivity contribution is -0.121. The average molecular weight is 351 g/mol. The van der Waals surface area contributed by atoms with Crippen molar-refractivity contribution in [3.05, 3.63) is 58.9 Å². The number of hydrogen-bond donors (Lipinski definition) is 1. The molecule has 4 rings (SSSR count). The van der Waals surface area contributed by atoms with Gasteiger partial charge in [0.25, 0.3) is 0 Å². The number of likely N-dealkylation sites (tertiary alicyclic amines) is 1. The molecule has 0 aliphatic carbocycles. The van der Waals surface area contributed by atoms with Crippen LogP contribution in [0.3, 0.4) is 0 Å². The second-order valence-electron chi connectivity index (χ2n) is 6.49. The van der Waals surface area contributed by atoms with Gasteiger partial charge < -0.3 is 5.32 Å². The van der Waals surface area contributed by atoms with E-state index in [9.17, 15) is 4.79 Å². The Hall–Kier alpha value is -2.24. The lowest BCUT2D eigenvalue weighted by atomic mass is 10.1. The predicted octanol–water partition coefficient (Wildman–Crippen LogP) is 4.46. The van der Waals surface area contributed by atoms with Gasteiger partial charge in [0.2, 0.25) is 5.91 Å². The van der Waals surface area contributed by atoms with Crippen LogP contribution >= 0.6 is 11.3 Å². The van der Waals surface area contributed by atoms with E-state index in [2.05, 4.69) is 32.0 Å². The summed E-state index contributed by atoms with van der Waals surface area (Å²) in [5.41, 5.74) is 3.05. The third-order valence-corrected chi connectivity index (χ3v) is 5.70. The normalized spacial score (nSPS) is 19.2. The highest BCUT2D eigenvalue weighted by atomic mass is 32.1. The summed E-state index contributed by atoms with van der Waals surface area (Å²) in [5.74, 6) is 0.0403. The molecule has 0 bridgehead atoms. The Kier molecular flexibility index (Phi) is 4.51. The lowest BCUT2D eigenvalue weighted by Gasteiger charge is -2.29. The van der Waals surface area contributed by atoms with Crippen molar-refractivity contribution in [1.29, 1.82) is 0 Å². The number of carbonyl (C=O) groups is 1. The zero-order valence-corrected chi connectivity index (χ0v) is 15.0. The topological polar surface area (TPSA) is 45.2 Å². The molecule has 2 aromatic heterocycles. The van der Waals surface area contributed by atoms with Crippen LogP contribution in [0, 0.1) is 0 Å². The van der Waals surface area contributed by atoms with E-state index in [1.807, 2.05) is 37.3 Å². The Balaban J connectivity index is 1.54. The van der Waals surface area contributed by atoms with Gasteiger partial charge in [-0.05, 0) is 73.0 Å². The van der Waals surface area contributed by atoms with Crippen molar-refractivity contribution in [3.8, 4) is 0 Å². The van der Waals surface area contributed by atoms with Gasteiger partial charge in [-0.25, -0.2) is 0 Å². The number of aromatic nitrogens is 1.